The maximum absolute atomic E-state index is 12.4. The van der Waals surface area contributed by atoms with Crippen molar-refractivity contribution in [3.8, 4) is 11.3 Å². The third-order valence-electron chi connectivity index (χ3n) is 5.67. The number of nitro groups is 1. The number of nitro benzene ring substituents is 1. The maximum atomic E-state index is 12.4. The van der Waals surface area contributed by atoms with Gasteiger partial charge in [-0.25, -0.2) is 5.43 Å². The quantitative estimate of drug-likeness (QED) is 0.321. The maximum Gasteiger partial charge on any atom is 0.270 e. The van der Waals surface area contributed by atoms with E-state index in [1.165, 1.54) is 29.5 Å². The predicted molar refractivity (Wildman–Crippen MR) is 123 cm³/mol. The van der Waals surface area contributed by atoms with Crippen molar-refractivity contribution in [2.24, 2.45) is 11.0 Å². The largest absolute Gasteiger partial charge is 0.455 e. The van der Waals surface area contributed by atoms with E-state index in [0.717, 1.165) is 6.42 Å². The number of hydrogen-bond donors (Lipinski definition) is 1. The first-order valence-corrected chi connectivity index (χ1v) is 10.5. The van der Waals surface area contributed by atoms with Crippen LogP contribution in [-0.2, 0) is 10.2 Å². The molecule has 1 heterocycles. The molecule has 7 heteroatoms. The van der Waals surface area contributed by atoms with Gasteiger partial charge in [0, 0.05) is 23.6 Å². The van der Waals surface area contributed by atoms with Crippen LogP contribution in [-0.4, -0.2) is 17.0 Å². The molecule has 2 atom stereocenters. The molecular formula is C25H25N3O4. The summed E-state index contributed by atoms with van der Waals surface area (Å²) in [6.45, 7) is 6.54. The minimum Gasteiger partial charge on any atom is -0.455 e. The minimum absolute atomic E-state index is 0.00610. The number of non-ortho nitro benzene ring substituents is 1. The summed E-state index contributed by atoms with van der Waals surface area (Å²) in [6.07, 6.45) is 2.24. The Morgan fingerprint density at radius 1 is 1.16 bits per heavy atom. The Balaban J connectivity index is 1.33. The van der Waals surface area contributed by atoms with Crippen molar-refractivity contribution in [3.63, 3.8) is 0 Å². The molecule has 1 aliphatic rings. The van der Waals surface area contributed by atoms with Crippen molar-refractivity contribution in [3.05, 3.63) is 87.7 Å². The summed E-state index contributed by atoms with van der Waals surface area (Å²) >= 11 is 0. The molecule has 1 aliphatic carbocycles. The van der Waals surface area contributed by atoms with Gasteiger partial charge in [0.1, 0.15) is 11.5 Å². The van der Waals surface area contributed by atoms with Gasteiger partial charge in [0.05, 0.1) is 11.1 Å². The lowest BCUT2D eigenvalue weighted by molar-refractivity contribution is -0.384. The van der Waals surface area contributed by atoms with E-state index in [-0.39, 0.29) is 28.8 Å². The molecule has 7 nitrogen and oxygen atoms in total. The molecule has 1 fully saturated rings. The topological polar surface area (TPSA) is 97.7 Å². The van der Waals surface area contributed by atoms with Crippen LogP contribution in [0.15, 0.2) is 70.2 Å². The van der Waals surface area contributed by atoms with E-state index in [9.17, 15) is 14.9 Å². The Labute approximate surface area is 186 Å². The SMILES string of the molecule is CC(C)(C)c1ccc([C@H]2C[C@H]2C(=O)N/N=C\c2ccc(-c3cccc([N+](=O)[O-])c3)o2)cc1. The van der Waals surface area contributed by atoms with E-state index in [1.54, 1.807) is 24.3 Å². The molecule has 0 spiro atoms. The molecule has 0 radical (unpaired) electrons. The van der Waals surface area contributed by atoms with Crippen molar-refractivity contribution in [1.82, 2.24) is 5.43 Å². The molecule has 1 aromatic heterocycles. The highest BCUT2D eigenvalue weighted by atomic mass is 16.6. The minimum atomic E-state index is -0.450. The summed E-state index contributed by atoms with van der Waals surface area (Å²) in [5.74, 6) is 0.962. The second kappa shape index (κ2) is 8.42. The first-order chi connectivity index (χ1) is 15.2. The molecule has 32 heavy (non-hydrogen) atoms. The molecule has 0 saturated heterocycles. The third-order valence-corrected chi connectivity index (χ3v) is 5.67. The Hall–Kier alpha value is -3.74. The average Bonchev–Trinajstić information content (AvgIpc) is 3.44. The summed E-state index contributed by atoms with van der Waals surface area (Å²) < 4.78 is 5.67. The Bertz CT molecular complexity index is 1170. The zero-order chi connectivity index (χ0) is 22.9. The first kappa shape index (κ1) is 21.5. The average molecular weight is 431 g/mol. The molecular weight excluding hydrogens is 406 g/mol. The summed E-state index contributed by atoms with van der Waals surface area (Å²) in [6, 6.07) is 18.1. The highest BCUT2D eigenvalue weighted by molar-refractivity contribution is 5.85. The summed E-state index contributed by atoms with van der Waals surface area (Å²) in [5.41, 5.74) is 5.73. The number of amides is 1. The lowest BCUT2D eigenvalue weighted by atomic mass is 9.86. The zero-order valence-corrected chi connectivity index (χ0v) is 18.2. The Morgan fingerprint density at radius 3 is 2.59 bits per heavy atom. The van der Waals surface area contributed by atoms with Gasteiger partial charge in [-0.05, 0) is 41.0 Å². The van der Waals surface area contributed by atoms with Gasteiger partial charge in [0.2, 0.25) is 5.91 Å². The fraction of sp³-hybridized carbons (Fsp3) is 0.280. The van der Waals surface area contributed by atoms with Gasteiger partial charge < -0.3 is 4.42 Å². The second-order valence-electron chi connectivity index (χ2n) is 9.06. The molecule has 1 amide bonds. The van der Waals surface area contributed by atoms with E-state index >= 15 is 0 Å². The Kier molecular flexibility index (Phi) is 5.65. The highest BCUT2D eigenvalue weighted by Crippen LogP contribution is 2.47. The van der Waals surface area contributed by atoms with Gasteiger partial charge in [0.15, 0.2) is 0 Å². The molecule has 4 rings (SSSR count). The van der Waals surface area contributed by atoms with E-state index in [4.69, 9.17) is 4.42 Å². The monoisotopic (exact) mass is 431 g/mol. The first-order valence-electron chi connectivity index (χ1n) is 10.5. The number of benzene rings is 2. The number of hydrogen-bond acceptors (Lipinski definition) is 5. The van der Waals surface area contributed by atoms with Gasteiger partial charge in [-0.15, -0.1) is 0 Å². The molecule has 1 saturated carbocycles. The van der Waals surface area contributed by atoms with Crippen molar-refractivity contribution >= 4 is 17.8 Å². The van der Waals surface area contributed by atoms with Crippen molar-refractivity contribution < 1.29 is 14.1 Å². The van der Waals surface area contributed by atoms with Crippen LogP contribution in [0.5, 0.6) is 0 Å². The lowest BCUT2D eigenvalue weighted by Crippen LogP contribution is -2.20. The molecule has 0 aliphatic heterocycles. The summed E-state index contributed by atoms with van der Waals surface area (Å²) in [4.78, 5) is 22.9. The van der Waals surface area contributed by atoms with Crippen molar-refractivity contribution in [1.29, 1.82) is 0 Å². The highest BCUT2D eigenvalue weighted by Gasteiger charge is 2.44. The van der Waals surface area contributed by atoms with Crippen LogP contribution in [0.2, 0.25) is 0 Å². The van der Waals surface area contributed by atoms with Crippen LogP contribution in [0.1, 0.15) is 50.0 Å². The molecule has 0 unspecified atom stereocenters. The fourth-order valence-corrected chi connectivity index (χ4v) is 3.68. The number of nitrogens with one attached hydrogen (secondary N) is 1. The molecule has 3 aromatic rings. The predicted octanol–water partition coefficient (Wildman–Crippen LogP) is 5.41. The van der Waals surface area contributed by atoms with E-state index in [0.29, 0.717) is 17.1 Å². The zero-order valence-electron chi connectivity index (χ0n) is 18.2. The van der Waals surface area contributed by atoms with Crippen LogP contribution >= 0.6 is 0 Å². The fourth-order valence-electron chi connectivity index (χ4n) is 3.68. The van der Waals surface area contributed by atoms with E-state index < -0.39 is 4.92 Å². The van der Waals surface area contributed by atoms with Crippen molar-refractivity contribution in [2.45, 2.75) is 38.5 Å². The number of rotatable bonds is 6. The number of carbonyl (C=O) groups excluding carboxylic acids is 1. The lowest BCUT2D eigenvalue weighted by Gasteiger charge is -2.19. The second-order valence-corrected chi connectivity index (χ2v) is 9.06. The van der Waals surface area contributed by atoms with E-state index in [1.807, 2.05) is 0 Å². The molecule has 0 bridgehead atoms. The summed E-state index contributed by atoms with van der Waals surface area (Å²) in [7, 11) is 0. The normalized spacial score (nSPS) is 18.0. The van der Waals surface area contributed by atoms with Gasteiger partial charge >= 0.3 is 0 Å². The summed E-state index contributed by atoms with van der Waals surface area (Å²) in [5, 5.41) is 14.9. The molecule has 2 aromatic carbocycles. The Morgan fingerprint density at radius 2 is 1.91 bits per heavy atom. The number of carbonyl (C=O) groups is 1. The van der Waals surface area contributed by atoms with Gasteiger partial charge in [0.25, 0.3) is 5.69 Å². The third kappa shape index (κ3) is 4.77. The van der Waals surface area contributed by atoms with E-state index in [2.05, 4.69) is 55.6 Å². The smallest absolute Gasteiger partial charge is 0.270 e. The van der Waals surface area contributed by atoms with Crippen LogP contribution in [0.25, 0.3) is 11.3 Å². The van der Waals surface area contributed by atoms with Crippen LogP contribution in [0, 0.1) is 16.0 Å². The van der Waals surface area contributed by atoms with Gasteiger partial charge in [-0.3, -0.25) is 14.9 Å². The molecule has 164 valence electrons. The van der Waals surface area contributed by atoms with Crippen LogP contribution in [0.4, 0.5) is 5.69 Å². The standard InChI is InChI=1S/C25H25N3O4/c1-25(2,3)18-9-7-16(8-10-18)21-14-22(21)24(29)27-26-15-20-11-12-23(32-20)17-5-4-6-19(13-17)28(30)31/h4-13,15,21-22H,14H2,1-3H3,(H,27,29)/b26-15-/t21-,22-/m1/s1. The number of furan rings is 1. The number of nitrogens with zero attached hydrogens (tertiary/aromatic N) is 2. The number of hydrazone groups is 1. The van der Waals surface area contributed by atoms with Gasteiger partial charge in [-0.1, -0.05) is 57.2 Å². The van der Waals surface area contributed by atoms with Gasteiger partial charge in [-0.2, -0.15) is 5.10 Å². The van der Waals surface area contributed by atoms with Crippen LogP contribution < -0.4 is 5.43 Å². The molecule has 1 N–H and O–H groups in total. The van der Waals surface area contributed by atoms with Crippen LogP contribution in [0.3, 0.4) is 0 Å². The van der Waals surface area contributed by atoms with Crippen molar-refractivity contribution in [2.75, 3.05) is 0 Å².